The van der Waals surface area contributed by atoms with E-state index in [9.17, 15) is 5.11 Å². The van der Waals surface area contributed by atoms with Crippen LogP contribution < -0.4 is 0 Å². The summed E-state index contributed by atoms with van der Waals surface area (Å²) in [5.74, 6) is 4.17. The molecule has 0 radical (unpaired) electrons. The smallest absolute Gasteiger partial charge is 0.0959 e. The van der Waals surface area contributed by atoms with E-state index in [2.05, 4.69) is 19.9 Å². The maximum Gasteiger partial charge on any atom is 0.0959 e. The van der Waals surface area contributed by atoms with Crippen molar-refractivity contribution in [1.82, 2.24) is 0 Å². The van der Waals surface area contributed by atoms with Gasteiger partial charge in [0.1, 0.15) is 0 Å². The first-order chi connectivity index (χ1) is 10.5. The summed E-state index contributed by atoms with van der Waals surface area (Å²) in [6, 6.07) is 0. The van der Waals surface area contributed by atoms with E-state index < -0.39 is 0 Å². The second-order valence-corrected chi connectivity index (χ2v) is 8.49. The van der Waals surface area contributed by atoms with Crippen LogP contribution in [0, 0.1) is 29.1 Å². The van der Waals surface area contributed by atoms with Crippen LogP contribution in [0.5, 0.6) is 0 Å². The third-order valence-corrected chi connectivity index (χ3v) is 7.58. The molecule has 4 rings (SSSR count). The number of hydrogen-bond donors (Lipinski definition) is 1. The molecule has 4 aliphatic rings. The Morgan fingerprint density at radius 2 is 2.14 bits per heavy atom. The van der Waals surface area contributed by atoms with Crippen LogP contribution in [0.25, 0.3) is 0 Å². The molecule has 0 spiro atoms. The van der Waals surface area contributed by atoms with Gasteiger partial charge in [0.05, 0.1) is 19.0 Å². The summed E-state index contributed by atoms with van der Waals surface area (Å²) < 4.78 is 5.49. The molecule has 122 valence electrons. The number of ether oxygens (including phenoxy) is 1. The van der Waals surface area contributed by atoms with Crippen LogP contribution in [0.2, 0.25) is 0 Å². The highest BCUT2D eigenvalue weighted by Gasteiger charge is 2.57. The molecule has 0 bridgehead atoms. The monoisotopic (exact) mass is 302 g/mol. The molecule has 5 unspecified atom stereocenters. The molecule has 0 aromatic rings. The molecule has 0 heterocycles. The Morgan fingerprint density at radius 3 is 2.91 bits per heavy atom. The molecule has 0 aromatic carbocycles. The Labute approximate surface area is 134 Å². The Morgan fingerprint density at radius 1 is 1.32 bits per heavy atom. The molecule has 2 saturated carbocycles. The summed E-state index contributed by atoms with van der Waals surface area (Å²) in [7, 11) is 1.80. The highest BCUT2D eigenvalue weighted by atomic mass is 16.5. The summed E-state index contributed by atoms with van der Waals surface area (Å²) >= 11 is 0. The van der Waals surface area contributed by atoms with E-state index in [-0.39, 0.29) is 11.5 Å². The molecular weight excluding hydrogens is 272 g/mol. The summed E-state index contributed by atoms with van der Waals surface area (Å²) in [4.78, 5) is 0. The zero-order valence-electron chi connectivity index (χ0n) is 14.3. The lowest BCUT2D eigenvalue weighted by Gasteiger charge is -2.52. The maximum absolute atomic E-state index is 10.6. The molecule has 1 N–H and O–H groups in total. The molecule has 2 heteroatoms. The lowest BCUT2D eigenvalue weighted by Crippen LogP contribution is -2.46. The molecule has 2 nitrogen and oxygen atoms in total. The van der Waals surface area contributed by atoms with Gasteiger partial charge in [0, 0.05) is 6.42 Å². The molecule has 0 aromatic heterocycles. The van der Waals surface area contributed by atoms with Gasteiger partial charge in [-0.3, -0.25) is 0 Å². The summed E-state index contributed by atoms with van der Waals surface area (Å²) in [5, 5.41) is 10.6. The quantitative estimate of drug-likeness (QED) is 0.725. The van der Waals surface area contributed by atoms with Gasteiger partial charge in [0.25, 0.3) is 0 Å². The van der Waals surface area contributed by atoms with Crippen molar-refractivity contribution < 1.29 is 9.84 Å². The van der Waals surface area contributed by atoms with Gasteiger partial charge in [-0.2, -0.15) is 0 Å². The van der Waals surface area contributed by atoms with Gasteiger partial charge in [-0.1, -0.05) is 25.0 Å². The van der Waals surface area contributed by atoms with Crippen molar-refractivity contribution in [3.8, 4) is 0 Å². The predicted molar refractivity (Wildman–Crippen MR) is 88.2 cm³/mol. The molecule has 2 fully saturated rings. The highest BCUT2D eigenvalue weighted by molar-refractivity contribution is 5.32. The van der Waals surface area contributed by atoms with Gasteiger partial charge in [-0.15, -0.1) is 0 Å². The SMILES string of the molecule is COC1=CCC2=C(CCC3C2CC[C@]2(C)C(O)CC(C)C32)C1. The first kappa shape index (κ1) is 14.8. The van der Waals surface area contributed by atoms with Gasteiger partial charge >= 0.3 is 0 Å². The van der Waals surface area contributed by atoms with Gasteiger partial charge < -0.3 is 9.84 Å². The van der Waals surface area contributed by atoms with Crippen LogP contribution in [0.1, 0.15) is 58.8 Å². The van der Waals surface area contributed by atoms with E-state index >= 15 is 0 Å². The number of fused-ring (bicyclic) bond motifs is 4. The van der Waals surface area contributed by atoms with E-state index in [1.807, 2.05) is 0 Å². The fourth-order valence-corrected chi connectivity index (χ4v) is 6.55. The van der Waals surface area contributed by atoms with Crippen LogP contribution in [-0.4, -0.2) is 18.3 Å². The van der Waals surface area contributed by atoms with Crippen molar-refractivity contribution in [3.05, 3.63) is 23.0 Å². The van der Waals surface area contributed by atoms with Crippen molar-refractivity contribution in [2.75, 3.05) is 7.11 Å². The van der Waals surface area contributed by atoms with Crippen LogP contribution in [0.3, 0.4) is 0 Å². The minimum absolute atomic E-state index is 0.0739. The van der Waals surface area contributed by atoms with E-state index in [1.54, 1.807) is 18.3 Å². The van der Waals surface area contributed by atoms with E-state index in [1.165, 1.54) is 31.4 Å². The highest BCUT2D eigenvalue weighted by Crippen LogP contribution is 2.62. The van der Waals surface area contributed by atoms with Crippen LogP contribution >= 0.6 is 0 Å². The Bertz CT molecular complexity index is 532. The Balaban J connectivity index is 1.63. The molecule has 0 amide bonds. The van der Waals surface area contributed by atoms with Crippen LogP contribution in [0.15, 0.2) is 23.0 Å². The average molecular weight is 302 g/mol. The molecule has 22 heavy (non-hydrogen) atoms. The maximum atomic E-state index is 10.6. The lowest BCUT2D eigenvalue weighted by molar-refractivity contribution is -0.0376. The van der Waals surface area contributed by atoms with Gasteiger partial charge in [0.2, 0.25) is 0 Å². The van der Waals surface area contributed by atoms with Gasteiger partial charge in [-0.25, -0.2) is 0 Å². The zero-order chi connectivity index (χ0) is 15.5. The summed E-state index contributed by atoms with van der Waals surface area (Å²) in [6.45, 7) is 4.75. The zero-order valence-corrected chi connectivity index (χ0v) is 14.3. The Kier molecular flexibility index (Phi) is 3.45. The number of aliphatic hydroxyl groups excluding tert-OH is 1. The van der Waals surface area contributed by atoms with Crippen molar-refractivity contribution in [1.29, 1.82) is 0 Å². The van der Waals surface area contributed by atoms with Crippen molar-refractivity contribution in [2.24, 2.45) is 29.1 Å². The van der Waals surface area contributed by atoms with Gasteiger partial charge in [-0.05, 0) is 73.7 Å². The predicted octanol–water partition coefficient (Wildman–Crippen LogP) is 4.45. The third-order valence-electron chi connectivity index (χ3n) is 7.58. The lowest BCUT2D eigenvalue weighted by atomic mass is 9.53. The minimum atomic E-state index is -0.0739. The summed E-state index contributed by atoms with van der Waals surface area (Å²) in [6.07, 6.45) is 10.5. The van der Waals surface area contributed by atoms with E-state index in [4.69, 9.17) is 4.74 Å². The second kappa shape index (κ2) is 5.12. The second-order valence-electron chi connectivity index (χ2n) is 8.49. The number of allylic oxidation sites excluding steroid dienone is 3. The molecule has 0 aliphatic heterocycles. The molecule has 0 saturated heterocycles. The fraction of sp³-hybridized carbons (Fsp3) is 0.800. The van der Waals surface area contributed by atoms with Crippen molar-refractivity contribution in [3.63, 3.8) is 0 Å². The first-order valence-electron chi connectivity index (χ1n) is 9.16. The van der Waals surface area contributed by atoms with Crippen molar-refractivity contribution in [2.45, 2.75) is 64.9 Å². The van der Waals surface area contributed by atoms with Crippen molar-refractivity contribution >= 4 is 0 Å². The number of aliphatic hydroxyl groups is 1. The van der Waals surface area contributed by atoms with E-state index in [0.29, 0.717) is 5.92 Å². The number of hydrogen-bond acceptors (Lipinski definition) is 2. The fourth-order valence-electron chi connectivity index (χ4n) is 6.55. The molecular formula is C20H30O2. The third kappa shape index (κ3) is 1.95. The first-order valence-corrected chi connectivity index (χ1v) is 9.16. The number of rotatable bonds is 1. The minimum Gasteiger partial charge on any atom is -0.501 e. The average Bonchev–Trinajstić information content (AvgIpc) is 2.76. The number of methoxy groups -OCH3 is 1. The largest absolute Gasteiger partial charge is 0.501 e. The van der Waals surface area contributed by atoms with E-state index in [0.717, 1.165) is 37.0 Å². The van der Waals surface area contributed by atoms with Gasteiger partial charge in [0.15, 0.2) is 0 Å². The standard InChI is InChI=1S/C20H30O2/c1-12-10-18(21)20(2)9-8-16-15-7-5-14(22-3)11-13(15)4-6-17(16)19(12)20/h5,12,16-19,21H,4,6-11H2,1-3H3/t12?,16?,17?,18?,19?,20-/m1/s1. The topological polar surface area (TPSA) is 29.5 Å². The van der Waals surface area contributed by atoms with Crippen LogP contribution in [-0.2, 0) is 4.74 Å². The normalized spacial score (nSPS) is 47.5. The van der Waals surface area contributed by atoms with Crippen LogP contribution in [0.4, 0.5) is 0 Å². The molecule has 4 aliphatic carbocycles. The summed E-state index contributed by atoms with van der Waals surface area (Å²) in [5.41, 5.74) is 3.60. The Hall–Kier alpha value is -0.760. The molecule has 6 atom stereocenters.